The molecule has 12 aromatic rings. The van der Waals surface area contributed by atoms with E-state index in [1.54, 1.807) is 12.1 Å². The molecule has 0 fully saturated rings. The summed E-state index contributed by atoms with van der Waals surface area (Å²) < 4.78 is 0. The largest absolute Gasteiger partial charge is 0.415 e. The number of nitrogens with one attached hydrogen (secondary N) is 6. The molecule has 2 radical (unpaired) electrons. The Morgan fingerprint density at radius 2 is 0.544 bits per heavy atom. The van der Waals surface area contributed by atoms with Crippen LogP contribution in [0.2, 0.25) is 0 Å². The molecule has 6 aromatic heterocycles. The molecule has 30 N–H and O–H groups in total. The van der Waals surface area contributed by atoms with Crippen molar-refractivity contribution >= 4 is 89.6 Å². The third kappa shape index (κ3) is 36.6. The second-order valence-corrected chi connectivity index (χ2v) is 14.5. The van der Waals surface area contributed by atoms with Crippen LogP contribution >= 0.6 is 0 Å². The number of hydrogen-bond acceptors (Lipinski definition) is 16. The Kier molecular flexibility index (Phi) is 78.3. The Morgan fingerprint density at radius 1 is 0.300 bits per heavy atom. The molecule has 12 rings (SSSR count). The molecule has 22 nitrogen and oxygen atoms in total. The summed E-state index contributed by atoms with van der Waals surface area (Å²) in [7, 11) is 0. The van der Waals surface area contributed by atoms with Crippen molar-refractivity contribution in [3.63, 3.8) is 0 Å². The maximum atomic E-state index is 11.0. The fourth-order valence-electron chi connectivity index (χ4n) is 7.10. The van der Waals surface area contributed by atoms with Crippen LogP contribution in [-0.4, -0.2) is 54.0 Å². The van der Waals surface area contributed by atoms with E-state index in [0.29, 0.717) is 11.1 Å². The molecular weight excluding hydrogens is 1290 g/mol. The van der Waals surface area contributed by atoms with Crippen molar-refractivity contribution in [3.8, 4) is 0 Å². The summed E-state index contributed by atoms with van der Waals surface area (Å²) in [6.45, 7) is 28.2. The van der Waals surface area contributed by atoms with Gasteiger partial charge < -0.3 is 49.1 Å². The van der Waals surface area contributed by atoms with Crippen LogP contribution in [0.25, 0.3) is 65.4 Å². The molecule has 0 aliphatic heterocycles. The van der Waals surface area contributed by atoms with Gasteiger partial charge >= 0.3 is 0 Å². The molecule has 0 unspecified atom stereocenters. The van der Waals surface area contributed by atoms with Crippen molar-refractivity contribution in [2.24, 2.45) is 70.1 Å². The van der Waals surface area contributed by atoms with Gasteiger partial charge in [-0.15, -0.1) is 11.1 Å². The molecule has 0 aliphatic carbocycles. The van der Waals surface area contributed by atoms with E-state index < -0.39 is 11.6 Å². The maximum absolute atomic E-state index is 11.0. The first-order valence-corrected chi connectivity index (χ1v) is 28.4. The quantitative estimate of drug-likeness (QED) is 0.0256. The van der Waals surface area contributed by atoms with E-state index in [0.717, 1.165) is 21.8 Å². The van der Waals surface area contributed by atoms with E-state index in [-0.39, 0.29) is 65.4 Å². The van der Waals surface area contributed by atoms with E-state index in [1.807, 2.05) is 169 Å². The summed E-state index contributed by atoms with van der Waals surface area (Å²) in [5.41, 5.74) is 9.99. The first-order chi connectivity index (χ1) is 43.3. The molecule has 0 aliphatic rings. The molecule has 6 aromatic carbocycles. The number of Topliss-reactive ketones (excluding diaryl/α,β-unsaturated/α-hetero) is 2. The smallest absolute Gasteiger partial charge is 0.0605 e. The summed E-state index contributed by atoms with van der Waals surface area (Å²) in [6.07, 6.45) is 13.6. The minimum Gasteiger partial charge on any atom is -0.415 e. The Bertz CT molecular complexity index is 3190. The zero-order chi connectivity index (χ0) is 68.7. The van der Waals surface area contributed by atoms with Crippen molar-refractivity contribution in [2.45, 2.75) is 96.9 Å². The first kappa shape index (κ1) is 99.2. The number of aryl methyl sites for hydroxylation is 2. The zero-order valence-corrected chi connectivity index (χ0v) is 60.9. The minimum atomic E-state index is -0.613. The number of hydrazine groups is 6. The van der Waals surface area contributed by atoms with Gasteiger partial charge in [-0.1, -0.05) is 215 Å². The maximum Gasteiger partial charge on any atom is 0.0605 e. The van der Waals surface area contributed by atoms with Crippen LogP contribution in [0, 0.1) is 13.8 Å². The van der Waals surface area contributed by atoms with Crippen molar-refractivity contribution in [2.75, 3.05) is 0 Å². The number of benzene rings is 6. The normalized spacial score (nSPS) is 8.11. The van der Waals surface area contributed by atoms with Gasteiger partial charge in [0.15, 0.2) is 0 Å². The van der Waals surface area contributed by atoms with Crippen LogP contribution in [0.1, 0.15) is 115 Å². The van der Waals surface area contributed by atoms with Crippen LogP contribution in [0.3, 0.4) is 0 Å². The zero-order valence-electron chi connectivity index (χ0n) is 55.2. The van der Waals surface area contributed by atoms with E-state index in [2.05, 4.69) is 199 Å². The van der Waals surface area contributed by atoms with Gasteiger partial charge in [-0.3, -0.25) is 70.1 Å². The number of nitrogens with two attached hydrogens (primary N) is 12. The number of hydrogen-bond donors (Lipinski definition) is 18. The molecule has 6 heterocycles. The van der Waals surface area contributed by atoms with Gasteiger partial charge in [-0.05, 0) is 95.1 Å². The van der Waals surface area contributed by atoms with Crippen LogP contribution < -0.4 is 70.1 Å². The van der Waals surface area contributed by atoms with Crippen LogP contribution in [-0.2, 0) is 75.0 Å². The number of rotatable bonds is 4. The summed E-state index contributed by atoms with van der Waals surface area (Å²) in [6, 6.07) is 51.9. The van der Waals surface area contributed by atoms with Crippen molar-refractivity contribution in [1.29, 1.82) is 0 Å². The summed E-state index contributed by atoms with van der Waals surface area (Å²) in [4.78, 5) is 60.8. The van der Waals surface area contributed by atoms with Gasteiger partial charge in [0.05, 0.1) is 11.6 Å². The number of para-hydroxylation sites is 6. The van der Waals surface area contributed by atoms with Crippen LogP contribution in [0.5, 0.6) is 0 Å². The third-order valence-electron chi connectivity index (χ3n) is 10.4. The van der Waals surface area contributed by atoms with Crippen molar-refractivity contribution in [3.05, 3.63) is 217 Å². The predicted molar refractivity (Wildman–Crippen MR) is 378 cm³/mol. The Labute approximate surface area is 583 Å². The van der Waals surface area contributed by atoms with Gasteiger partial charge in [0.1, 0.15) is 0 Å². The molecule has 90 heavy (non-hydrogen) atoms. The molecule has 0 saturated heterocycles. The Balaban J connectivity index is -0.000000140. The van der Waals surface area contributed by atoms with Crippen molar-refractivity contribution in [1.82, 2.24) is 29.9 Å². The van der Waals surface area contributed by atoms with E-state index in [1.165, 1.54) is 79.7 Å². The number of carbonyl (C=O) groups excluding carboxylic acids is 4. The molecule has 24 heteroatoms. The predicted octanol–water partition coefficient (Wildman–Crippen LogP) is 11.3. The van der Waals surface area contributed by atoms with Gasteiger partial charge in [0, 0.05) is 136 Å². The number of H-pyrrole nitrogens is 6. The minimum absolute atomic E-state index is 0. The summed E-state index contributed by atoms with van der Waals surface area (Å²) >= 11 is 0. The van der Waals surface area contributed by atoms with Crippen LogP contribution in [0.4, 0.5) is 0 Å². The molecular formula is C66H104N18O4Y2-2. The standard InChI is InChI=1S/2C10H6NO2.2C9H9N.2C8H7N.6C2H6.6H4N2.2Y/c2*12-6-10(13)8-5-11-9-4-2-1-3-7(8)9;2*1-7-3-2-4-8-5-6-10-9(7)8;2*1-2-4-8-7(3-1)5-6-9-8;12*1-2;;/h2*1-5,11H;2*2-6,10H,1H3;2*1-6,9H;6*1-2H3;6*1-2H2;;/q2*-1;;;;;;;;;;;;;;;;;;. The van der Waals surface area contributed by atoms with Crippen molar-refractivity contribution < 1.29 is 84.6 Å². The SMILES string of the molecule is CC.CC.CC.CC.CC.CC.Cc1cccc2cc[nH]c12.Cc1cccc2cc[nH]c12.NN.NN.NN.NN.NN.NN.O=[C-]C(=O)c1c[nH]c2ccccc12.O=[C-]C(=O)c1c[nH]c2ccccc12.[Y].[Y].c1ccc2[nH]ccc2c1.c1ccc2[nH]ccc2c1. The molecule has 0 amide bonds. The fraction of sp³-hybridized carbons (Fsp3) is 0.212. The molecule has 490 valence electrons. The number of fused-ring (bicyclic) bond motifs is 6. The number of ketones is 2. The molecule has 0 bridgehead atoms. The van der Waals surface area contributed by atoms with Gasteiger partial charge in [0.2, 0.25) is 0 Å². The van der Waals surface area contributed by atoms with E-state index >= 15 is 0 Å². The van der Waals surface area contributed by atoms with Gasteiger partial charge in [-0.25, -0.2) is 0 Å². The second-order valence-electron chi connectivity index (χ2n) is 14.5. The molecule has 0 spiro atoms. The third-order valence-corrected chi connectivity index (χ3v) is 10.4. The van der Waals surface area contributed by atoms with E-state index in [9.17, 15) is 19.2 Å². The first-order valence-electron chi connectivity index (χ1n) is 28.4. The molecule has 0 atom stereocenters. The average molecular weight is 1390 g/mol. The Morgan fingerprint density at radius 3 is 0.822 bits per heavy atom. The number of carbonyl (C=O) groups is 2. The second kappa shape index (κ2) is 71.0. The summed E-state index contributed by atoms with van der Waals surface area (Å²) in [5.74, 6) is 46.8. The Hall–Kier alpha value is -7.03. The topological polar surface area (TPSA) is 475 Å². The monoisotopic (exact) mass is 1390 g/mol. The van der Waals surface area contributed by atoms with E-state index in [4.69, 9.17) is 0 Å². The average Bonchev–Trinajstić information content (AvgIpc) is 3.09. The van der Waals surface area contributed by atoms with Gasteiger partial charge in [-0.2, -0.15) is 0 Å². The number of aromatic nitrogens is 6. The van der Waals surface area contributed by atoms with Crippen LogP contribution in [0.15, 0.2) is 195 Å². The fourth-order valence-corrected chi connectivity index (χ4v) is 7.10. The number of aromatic amines is 6. The summed E-state index contributed by atoms with van der Waals surface area (Å²) in [5, 5.41) is 6.65. The molecule has 0 saturated carbocycles. The van der Waals surface area contributed by atoms with Gasteiger partial charge in [0.25, 0.3) is 0 Å².